The van der Waals surface area contributed by atoms with Crippen molar-refractivity contribution in [1.29, 1.82) is 0 Å². The molecule has 1 N–H and O–H groups in total. The van der Waals surface area contributed by atoms with Crippen molar-refractivity contribution in [1.82, 2.24) is 15.3 Å². The zero-order chi connectivity index (χ0) is 15.2. The molecule has 0 radical (unpaired) electrons. The van der Waals surface area contributed by atoms with Crippen molar-refractivity contribution in [3.63, 3.8) is 0 Å². The Morgan fingerprint density at radius 1 is 1.24 bits per heavy atom. The molecule has 112 valence electrons. The molecule has 0 atom stereocenters. The predicted molar refractivity (Wildman–Crippen MR) is 83.2 cm³/mol. The number of aromatic nitrogens is 2. The van der Waals surface area contributed by atoms with E-state index < -0.39 is 0 Å². The summed E-state index contributed by atoms with van der Waals surface area (Å²) in [6, 6.07) is 6.29. The number of halogens is 1. The van der Waals surface area contributed by atoms with Crippen molar-refractivity contribution in [3.05, 3.63) is 47.5 Å². The summed E-state index contributed by atoms with van der Waals surface area (Å²) < 4.78 is 13.0. The average Bonchev–Trinajstić information content (AvgIpc) is 2.49. The minimum atomic E-state index is -0.249. The van der Waals surface area contributed by atoms with Crippen LogP contribution in [-0.4, -0.2) is 23.6 Å². The third-order valence-corrected chi connectivity index (χ3v) is 3.32. The van der Waals surface area contributed by atoms with E-state index in [1.54, 1.807) is 12.1 Å². The van der Waals surface area contributed by atoms with Gasteiger partial charge in [0.25, 0.3) is 0 Å². The average molecular weight is 288 g/mol. The van der Waals surface area contributed by atoms with Gasteiger partial charge in [0.05, 0.1) is 0 Å². The summed E-state index contributed by atoms with van der Waals surface area (Å²) in [6.45, 7) is 5.88. The highest BCUT2D eigenvalue weighted by molar-refractivity contribution is 5.56. The summed E-state index contributed by atoms with van der Waals surface area (Å²) in [5, 5.41) is 3.34. The maximum Gasteiger partial charge on any atom is 0.229 e. The Bertz CT molecular complexity index is 583. The van der Waals surface area contributed by atoms with Crippen molar-refractivity contribution < 1.29 is 4.39 Å². The summed E-state index contributed by atoms with van der Waals surface area (Å²) in [7, 11) is 1.87. The van der Waals surface area contributed by atoms with Crippen LogP contribution in [0, 0.1) is 12.7 Å². The Labute approximate surface area is 125 Å². The third kappa shape index (κ3) is 3.98. The predicted octanol–water partition coefficient (Wildman–Crippen LogP) is 3.19. The van der Waals surface area contributed by atoms with E-state index in [0.717, 1.165) is 36.5 Å². The molecule has 0 saturated carbocycles. The van der Waals surface area contributed by atoms with Crippen molar-refractivity contribution in [3.8, 4) is 0 Å². The van der Waals surface area contributed by atoms with Crippen LogP contribution in [0.1, 0.15) is 24.6 Å². The standard InChI is InChI=1S/C16H21FN4/c1-4-9-18-10-13-11-19-16(20-12(13)2)21(3)15-7-5-14(17)6-8-15/h5-8,11,18H,4,9-10H2,1-3H3. The lowest BCUT2D eigenvalue weighted by molar-refractivity contribution is 0.628. The molecule has 0 aliphatic carbocycles. The molecule has 1 heterocycles. The second kappa shape index (κ2) is 7.13. The number of benzene rings is 1. The van der Waals surface area contributed by atoms with Crippen molar-refractivity contribution in [2.75, 3.05) is 18.5 Å². The molecule has 0 bridgehead atoms. The molecule has 1 aromatic carbocycles. The summed E-state index contributed by atoms with van der Waals surface area (Å²) in [6.07, 6.45) is 2.95. The minimum Gasteiger partial charge on any atom is -0.314 e. The molecule has 0 unspecified atom stereocenters. The molecule has 2 rings (SSSR count). The van der Waals surface area contributed by atoms with E-state index in [2.05, 4.69) is 22.2 Å². The Morgan fingerprint density at radius 2 is 1.95 bits per heavy atom. The van der Waals surface area contributed by atoms with Crippen molar-refractivity contribution >= 4 is 11.6 Å². The fourth-order valence-electron chi connectivity index (χ4n) is 1.99. The van der Waals surface area contributed by atoms with Gasteiger partial charge >= 0.3 is 0 Å². The topological polar surface area (TPSA) is 41.1 Å². The van der Waals surface area contributed by atoms with E-state index >= 15 is 0 Å². The lowest BCUT2D eigenvalue weighted by atomic mass is 10.2. The number of anilines is 2. The fourth-order valence-corrected chi connectivity index (χ4v) is 1.99. The Kier molecular flexibility index (Phi) is 5.22. The number of nitrogens with zero attached hydrogens (tertiary/aromatic N) is 3. The van der Waals surface area contributed by atoms with Crippen LogP contribution in [0.15, 0.2) is 30.5 Å². The van der Waals surface area contributed by atoms with Crippen LogP contribution < -0.4 is 10.2 Å². The van der Waals surface area contributed by atoms with Gasteiger partial charge < -0.3 is 10.2 Å². The highest BCUT2D eigenvalue weighted by Gasteiger charge is 2.09. The van der Waals surface area contributed by atoms with Gasteiger partial charge in [0.1, 0.15) is 5.82 Å². The molecule has 4 nitrogen and oxygen atoms in total. The van der Waals surface area contributed by atoms with E-state index in [9.17, 15) is 4.39 Å². The summed E-state index contributed by atoms with van der Waals surface area (Å²) in [4.78, 5) is 10.8. The molecule has 21 heavy (non-hydrogen) atoms. The van der Waals surface area contributed by atoms with Gasteiger partial charge in [-0.05, 0) is 44.2 Å². The van der Waals surface area contributed by atoms with Crippen molar-refractivity contribution in [2.45, 2.75) is 26.8 Å². The van der Waals surface area contributed by atoms with E-state index in [0.29, 0.717) is 5.95 Å². The van der Waals surface area contributed by atoms with E-state index in [-0.39, 0.29) is 5.82 Å². The minimum absolute atomic E-state index is 0.249. The van der Waals surface area contributed by atoms with Gasteiger partial charge in [-0.2, -0.15) is 0 Å². The monoisotopic (exact) mass is 288 g/mol. The fraction of sp³-hybridized carbons (Fsp3) is 0.375. The molecule has 0 fully saturated rings. The first kappa shape index (κ1) is 15.4. The summed E-state index contributed by atoms with van der Waals surface area (Å²) in [5.74, 6) is 0.361. The maximum absolute atomic E-state index is 13.0. The molecule has 5 heteroatoms. The van der Waals surface area contributed by atoms with Crippen LogP contribution in [0.5, 0.6) is 0 Å². The molecule has 0 amide bonds. The second-order valence-corrected chi connectivity index (χ2v) is 4.99. The van der Waals surface area contributed by atoms with Gasteiger partial charge in [0.15, 0.2) is 0 Å². The molecule has 0 aliphatic heterocycles. The maximum atomic E-state index is 13.0. The highest BCUT2D eigenvalue weighted by Crippen LogP contribution is 2.20. The molecule has 2 aromatic rings. The molecule has 0 aliphatic rings. The molecular weight excluding hydrogens is 267 g/mol. The van der Waals surface area contributed by atoms with Gasteiger partial charge in [-0.25, -0.2) is 14.4 Å². The van der Waals surface area contributed by atoms with E-state index in [1.807, 2.05) is 25.1 Å². The van der Waals surface area contributed by atoms with Crippen LogP contribution in [0.2, 0.25) is 0 Å². The first-order valence-corrected chi connectivity index (χ1v) is 7.14. The normalized spacial score (nSPS) is 10.7. The quantitative estimate of drug-likeness (QED) is 0.829. The van der Waals surface area contributed by atoms with Crippen LogP contribution in [-0.2, 0) is 6.54 Å². The summed E-state index contributed by atoms with van der Waals surface area (Å²) >= 11 is 0. The Morgan fingerprint density at radius 3 is 2.57 bits per heavy atom. The SMILES string of the molecule is CCCNCc1cnc(N(C)c2ccc(F)cc2)nc1C. The molecule has 1 aromatic heterocycles. The zero-order valence-corrected chi connectivity index (χ0v) is 12.7. The van der Waals surface area contributed by atoms with E-state index in [1.165, 1.54) is 12.1 Å². The first-order valence-electron chi connectivity index (χ1n) is 7.14. The second-order valence-electron chi connectivity index (χ2n) is 4.99. The van der Waals surface area contributed by atoms with E-state index in [4.69, 9.17) is 0 Å². The Balaban J connectivity index is 2.13. The van der Waals surface area contributed by atoms with Gasteiger partial charge in [0, 0.05) is 36.7 Å². The number of aryl methyl sites for hydroxylation is 1. The largest absolute Gasteiger partial charge is 0.314 e. The van der Waals surface area contributed by atoms with Gasteiger partial charge in [0.2, 0.25) is 5.95 Å². The van der Waals surface area contributed by atoms with Crippen LogP contribution in [0.25, 0.3) is 0 Å². The van der Waals surface area contributed by atoms with Gasteiger partial charge in [-0.1, -0.05) is 6.92 Å². The number of rotatable bonds is 6. The lowest BCUT2D eigenvalue weighted by Crippen LogP contribution is -2.18. The lowest BCUT2D eigenvalue weighted by Gasteiger charge is -2.18. The highest BCUT2D eigenvalue weighted by atomic mass is 19.1. The molecular formula is C16H21FN4. The van der Waals surface area contributed by atoms with Gasteiger partial charge in [-0.3, -0.25) is 0 Å². The number of nitrogens with one attached hydrogen (secondary N) is 1. The molecule has 0 spiro atoms. The third-order valence-electron chi connectivity index (χ3n) is 3.32. The van der Waals surface area contributed by atoms with Crippen LogP contribution in [0.4, 0.5) is 16.0 Å². The summed E-state index contributed by atoms with van der Waals surface area (Å²) in [5.41, 5.74) is 2.91. The van der Waals surface area contributed by atoms with Crippen molar-refractivity contribution in [2.24, 2.45) is 0 Å². The first-order chi connectivity index (χ1) is 10.1. The Hall–Kier alpha value is -2.01. The smallest absolute Gasteiger partial charge is 0.229 e. The zero-order valence-electron chi connectivity index (χ0n) is 12.7. The molecule has 0 saturated heterocycles. The van der Waals surface area contributed by atoms with Crippen LogP contribution >= 0.6 is 0 Å². The van der Waals surface area contributed by atoms with Crippen LogP contribution in [0.3, 0.4) is 0 Å². The number of hydrogen-bond donors (Lipinski definition) is 1. The number of hydrogen-bond acceptors (Lipinski definition) is 4. The van der Waals surface area contributed by atoms with Gasteiger partial charge in [-0.15, -0.1) is 0 Å².